The summed E-state index contributed by atoms with van der Waals surface area (Å²) in [6, 6.07) is 0.611. The van der Waals surface area contributed by atoms with Gasteiger partial charge in [0.2, 0.25) is 0 Å². The molecule has 0 saturated heterocycles. The maximum absolute atomic E-state index is 2.39. The first-order chi connectivity index (χ1) is 4.80. The van der Waals surface area contributed by atoms with Crippen LogP contribution in [0.4, 0.5) is 0 Å². The van der Waals surface area contributed by atoms with Crippen LogP contribution in [0, 0.1) is 5.92 Å². The zero-order valence-corrected chi connectivity index (χ0v) is 12.4. The Morgan fingerprint density at radius 1 is 1.17 bits per heavy atom. The van der Waals surface area contributed by atoms with Crippen molar-refractivity contribution in [3.8, 4) is 0 Å². The van der Waals surface area contributed by atoms with Crippen molar-refractivity contribution in [3.05, 3.63) is 5.92 Å². The van der Waals surface area contributed by atoms with E-state index in [2.05, 4.69) is 53.5 Å². The molecule has 71 valence electrons. The molecule has 0 spiro atoms. The van der Waals surface area contributed by atoms with Crippen LogP contribution in [-0.4, -0.2) is 23.5 Å². The van der Waals surface area contributed by atoms with E-state index in [1.54, 1.807) is 0 Å². The van der Waals surface area contributed by atoms with E-state index in [4.69, 9.17) is 0 Å². The predicted molar refractivity (Wildman–Crippen MR) is 51.6 cm³/mol. The number of rotatable bonds is 3. The van der Waals surface area contributed by atoms with Crippen molar-refractivity contribution in [2.45, 2.75) is 53.1 Å². The van der Waals surface area contributed by atoms with Crippen molar-refractivity contribution in [1.29, 1.82) is 0 Å². The Morgan fingerprint density at radius 3 is 1.58 bits per heavy atom. The van der Waals surface area contributed by atoms with Crippen molar-refractivity contribution < 1.29 is 32.7 Å². The molecule has 0 N–H and O–H groups in total. The quantitative estimate of drug-likeness (QED) is 0.691. The third-order valence-electron chi connectivity index (χ3n) is 2.88. The van der Waals surface area contributed by atoms with Crippen LogP contribution in [0.2, 0.25) is 0 Å². The largest absolute Gasteiger partial charge is 0.328 e. The molecule has 0 bridgehead atoms. The Labute approximate surface area is 103 Å². The molecule has 1 radical (unpaired) electrons. The van der Waals surface area contributed by atoms with Gasteiger partial charge >= 0.3 is 0 Å². The van der Waals surface area contributed by atoms with Gasteiger partial charge in [-0.25, -0.2) is 0 Å². The molecule has 0 aromatic heterocycles. The third kappa shape index (κ3) is 3.85. The minimum atomic E-state index is 0. The summed E-state index contributed by atoms with van der Waals surface area (Å²) in [5.41, 5.74) is 0.230. The van der Waals surface area contributed by atoms with Crippen LogP contribution in [0.1, 0.15) is 41.5 Å². The zero-order valence-electron chi connectivity index (χ0n) is 9.60. The summed E-state index contributed by atoms with van der Waals surface area (Å²) in [7, 11) is 2.18. The predicted octanol–water partition coefficient (Wildman–Crippen LogP) is 2.72. The van der Waals surface area contributed by atoms with E-state index in [1.165, 1.54) is 5.92 Å². The van der Waals surface area contributed by atoms with E-state index in [9.17, 15) is 0 Å². The summed E-state index contributed by atoms with van der Waals surface area (Å²) >= 11 is 0. The summed E-state index contributed by atoms with van der Waals surface area (Å²) in [6.45, 7) is 13.4. The molecule has 0 atom stereocenters. The van der Waals surface area contributed by atoms with Crippen LogP contribution in [0.5, 0.6) is 0 Å². The van der Waals surface area contributed by atoms with Gasteiger partial charge in [0.1, 0.15) is 0 Å². The average molecular weight is 245 g/mol. The van der Waals surface area contributed by atoms with Gasteiger partial charge in [-0.15, -0.1) is 5.54 Å². The van der Waals surface area contributed by atoms with Gasteiger partial charge in [-0.1, -0.05) is 13.8 Å². The molecule has 2 heteroatoms. The van der Waals surface area contributed by atoms with Gasteiger partial charge in [0.25, 0.3) is 0 Å². The molecule has 0 amide bonds. The summed E-state index contributed by atoms with van der Waals surface area (Å²) in [4.78, 5) is 2.39. The Bertz CT molecular complexity index is 119. The number of hydrogen-bond acceptors (Lipinski definition) is 1. The van der Waals surface area contributed by atoms with E-state index in [0.29, 0.717) is 6.04 Å². The molecule has 0 aliphatic heterocycles. The summed E-state index contributed by atoms with van der Waals surface area (Å²) < 4.78 is 0. The minimum absolute atomic E-state index is 0. The van der Waals surface area contributed by atoms with Crippen molar-refractivity contribution in [2.75, 3.05) is 7.05 Å². The maximum atomic E-state index is 2.39. The molecular formula is C10H22NY-. The van der Waals surface area contributed by atoms with Crippen LogP contribution in [0.3, 0.4) is 0 Å². The second kappa shape index (κ2) is 5.72. The molecular weight excluding hydrogens is 223 g/mol. The van der Waals surface area contributed by atoms with Crippen LogP contribution in [-0.2, 0) is 32.7 Å². The van der Waals surface area contributed by atoms with Crippen molar-refractivity contribution in [3.63, 3.8) is 0 Å². The fourth-order valence-electron chi connectivity index (χ4n) is 0.998. The van der Waals surface area contributed by atoms with E-state index in [-0.39, 0.29) is 38.2 Å². The molecule has 0 aliphatic carbocycles. The molecule has 0 saturated carbocycles. The molecule has 1 nitrogen and oxygen atoms in total. The molecule has 0 aromatic carbocycles. The normalized spacial score (nSPS) is 12.5. The zero-order chi connectivity index (χ0) is 9.23. The van der Waals surface area contributed by atoms with E-state index >= 15 is 0 Å². The molecule has 0 aliphatic rings. The standard InChI is InChI=1S/C10H22N.Y/c1-8(2)10(5,6)11(7)9(3)4;/h9H,1-7H3;/q-1;. The van der Waals surface area contributed by atoms with Crippen molar-refractivity contribution in [2.24, 2.45) is 0 Å². The first-order valence-electron chi connectivity index (χ1n) is 4.33. The van der Waals surface area contributed by atoms with Gasteiger partial charge in [0.05, 0.1) is 0 Å². The number of nitrogens with zero attached hydrogens (tertiary/aromatic N) is 1. The fraction of sp³-hybridized carbons (Fsp3) is 0.900. The van der Waals surface area contributed by atoms with Crippen molar-refractivity contribution in [1.82, 2.24) is 4.90 Å². The van der Waals surface area contributed by atoms with Gasteiger partial charge in [-0.05, 0) is 20.9 Å². The second-order valence-electron chi connectivity index (χ2n) is 4.26. The Kier molecular flexibility index (Phi) is 7.41. The van der Waals surface area contributed by atoms with E-state index in [1.807, 2.05) is 0 Å². The van der Waals surface area contributed by atoms with Gasteiger partial charge in [-0.3, -0.25) is 0 Å². The van der Waals surface area contributed by atoms with Crippen LogP contribution < -0.4 is 0 Å². The van der Waals surface area contributed by atoms with Crippen LogP contribution >= 0.6 is 0 Å². The molecule has 0 unspecified atom stereocenters. The van der Waals surface area contributed by atoms with E-state index in [0.717, 1.165) is 0 Å². The van der Waals surface area contributed by atoms with Gasteiger partial charge in [0.15, 0.2) is 0 Å². The van der Waals surface area contributed by atoms with Crippen LogP contribution in [0.15, 0.2) is 0 Å². The molecule has 0 aromatic rings. The fourth-order valence-corrected chi connectivity index (χ4v) is 0.998. The van der Waals surface area contributed by atoms with Gasteiger partial charge < -0.3 is 10.8 Å². The molecule has 0 fully saturated rings. The van der Waals surface area contributed by atoms with Crippen LogP contribution in [0.25, 0.3) is 0 Å². The Hall–Kier alpha value is 1.06. The number of hydrogen-bond donors (Lipinski definition) is 0. The monoisotopic (exact) mass is 245 g/mol. The van der Waals surface area contributed by atoms with Crippen molar-refractivity contribution >= 4 is 0 Å². The SMILES string of the molecule is C[C-](C)C(C)(C)N(C)C(C)C.[Y]. The summed E-state index contributed by atoms with van der Waals surface area (Å²) in [5.74, 6) is 1.47. The summed E-state index contributed by atoms with van der Waals surface area (Å²) in [6.07, 6.45) is 0. The van der Waals surface area contributed by atoms with E-state index < -0.39 is 0 Å². The average Bonchev–Trinajstić information content (AvgIpc) is 1.85. The first-order valence-corrected chi connectivity index (χ1v) is 4.33. The molecule has 0 rings (SSSR count). The minimum Gasteiger partial charge on any atom is -0.328 e. The third-order valence-corrected chi connectivity index (χ3v) is 2.88. The smallest absolute Gasteiger partial charge is 0.00127 e. The van der Waals surface area contributed by atoms with Gasteiger partial charge in [-0.2, -0.15) is 13.8 Å². The first kappa shape index (κ1) is 15.5. The molecule has 12 heavy (non-hydrogen) atoms. The maximum Gasteiger partial charge on any atom is 0.00127 e. The van der Waals surface area contributed by atoms with Gasteiger partial charge in [0, 0.05) is 38.8 Å². The Morgan fingerprint density at radius 2 is 1.50 bits per heavy atom. The second-order valence-corrected chi connectivity index (χ2v) is 4.26. The molecule has 0 heterocycles. The summed E-state index contributed by atoms with van der Waals surface area (Å²) in [5, 5.41) is 0. The Balaban J connectivity index is 0. The topological polar surface area (TPSA) is 3.24 Å².